The molecule has 0 saturated carbocycles. The Labute approximate surface area is 96.5 Å². The van der Waals surface area contributed by atoms with Crippen LogP contribution in [0.4, 0.5) is 0 Å². The van der Waals surface area contributed by atoms with E-state index in [0.717, 1.165) is 31.6 Å². The van der Waals surface area contributed by atoms with Gasteiger partial charge in [-0.25, -0.2) is 0 Å². The SMILES string of the molecule is CNC(Cc1ccccn1)C1=COCCC1. The highest BCUT2D eigenvalue weighted by Crippen LogP contribution is 2.17. The summed E-state index contributed by atoms with van der Waals surface area (Å²) in [6.07, 6.45) is 6.92. The van der Waals surface area contributed by atoms with E-state index in [0.29, 0.717) is 6.04 Å². The molecule has 0 radical (unpaired) electrons. The summed E-state index contributed by atoms with van der Waals surface area (Å²) in [6, 6.07) is 6.38. The van der Waals surface area contributed by atoms with Crippen LogP contribution in [0.15, 0.2) is 36.2 Å². The zero-order chi connectivity index (χ0) is 11.2. The first-order chi connectivity index (χ1) is 7.90. The van der Waals surface area contributed by atoms with Gasteiger partial charge in [-0.05, 0) is 37.6 Å². The number of nitrogens with zero attached hydrogens (tertiary/aromatic N) is 1. The summed E-state index contributed by atoms with van der Waals surface area (Å²) in [7, 11) is 1.99. The van der Waals surface area contributed by atoms with Crippen molar-refractivity contribution < 1.29 is 4.74 Å². The van der Waals surface area contributed by atoms with E-state index in [1.165, 1.54) is 5.57 Å². The van der Waals surface area contributed by atoms with Crippen molar-refractivity contribution in [3.05, 3.63) is 41.9 Å². The molecule has 3 nitrogen and oxygen atoms in total. The third-order valence-electron chi connectivity index (χ3n) is 2.90. The van der Waals surface area contributed by atoms with Crippen LogP contribution >= 0.6 is 0 Å². The van der Waals surface area contributed by atoms with Crippen molar-refractivity contribution in [2.45, 2.75) is 25.3 Å². The van der Waals surface area contributed by atoms with Gasteiger partial charge in [0.2, 0.25) is 0 Å². The lowest BCUT2D eigenvalue weighted by Crippen LogP contribution is -2.31. The molecule has 0 saturated heterocycles. The van der Waals surface area contributed by atoms with Crippen LogP contribution in [0.25, 0.3) is 0 Å². The number of hydrogen-bond donors (Lipinski definition) is 1. The van der Waals surface area contributed by atoms with E-state index in [-0.39, 0.29) is 0 Å². The summed E-state index contributed by atoms with van der Waals surface area (Å²) in [5, 5.41) is 3.33. The van der Waals surface area contributed by atoms with Crippen LogP contribution in [0.2, 0.25) is 0 Å². The van der Waals surface area contributed by atoms with Gasteiger partial charge in [-0.2, -0.15) is 0 Å². The van der Waals surface area contributed by atoms with Crippen molar-refractivity contribution in [2.24, 2.45) is 0 Å². The highest BCUT2D eigenvalue weighted by Gasteiger charge is 2.16. The highest BCUT2D eigenvalue weighted by atomic mass is 16.5. The Morgan fingerprint density at radius 3 is 3.06 bits per heavy atom. The van der Waals surface area contributed by atoms with Crippen LogP contribution in [0.3, 0.4) is 0 Å². The standard InChI is InChI=1S/C13H18N2O/c1-14-13(11-5-4-8-16-10-11)9-12-6-2-3-7-15-12/h2-3,6-7,10,13-14H,4-5,8-9H2,1H3. The molecule has 0 spiro atoms. The maximum atomic E-state index is 5.38. The van der Waals surface area contributed by atoms with E-state index in [1.54, 1.807) is 0 Å². The molecule has 2 rings (SSSR count). The summed E-state index contributed by atoms with van der Waals surface area (Å²) in [4.78, 5) is 4.35. The van der Waals surface area contributed by atoms with E-state index in [9.17, 15) is 0 Å². The second-order valence-corrected chi connectivity index (χ2v) is 4.03. The van der Waals surface area contributed by atoms with E-state index < -0.39 is 0 Å². The molecule has 86 valence electrons. The minimum atomic E-state index is 0.343. The number of nitrogens with one attached hydrogen (secondary N) is 1. The first kappa shape index (κ1) is 11.1. The Morgan fingerprint density at radius 2 is 2.44 bits per heavy atom. The molecule has 2 heterocycles. The second kappa shape index (κ2) is 5.66. The molecule has 1 aliphatic heterocycles. The number of ether oxygens (including phenoxy) is 1. The third-order valence-corrected chi connectivity index (χ3v) is 2.90. The summed E-state index contributed by atoms with van der Waals surface area (Å²) in [6.45, 7) is 0.851. The maximum Gasteiger partial charge on any atom is 0.0876 e. The van der Waals surface area contributed by atoms with Gasteiger partial charge in [0, 0.05) is 24.4 Å². The Balaban J connectivity index is 2.03. The van der Waals surface area contributed by atoms with Gasteiger partial charge in [0.25, 0.3) is 0 Å². The number of pyridine rings is 1. The molecule has 3 heteroatoms. The Kier molecular flexibility index (Phi) is 3.94. The lowest BCUT2D eigenvalue weighted by molar-refractivity contribution is 0.219. The predicted molar refractivity (Wildman–Crippen MR) is 64.1 cm³/mol. The third kappa shape index (κ3) is 2.83. The zero-order valence-electron chi connectivity index (χ0n) is 9.65. The van der Waals surface area contributed by atoms with Crippen molar-refractivity contribution in [1.29, 1.82) is 0 Å². The van der Waals surface area contributed by atoms with Gasteiger partial charge in [0.15, 0.2) is 0 Å². The van der Waals surface area contributed by atoms with Crippen LogP contribution in [-0.4, -0.2) is 24.7 Å². The molecule has 1 atom stereocenters. The van der Waals surface area contributed by atoms with Gasteiger partial charge in [-0.1, -0.05) is 6.07 Å². The topological polar surface area (TPSA) is 34.2 Å². The molecular formula is C13H18N2O. The smallest absolute Gasteiger partial charge is 0.0876 e. The molecule has 0 aliphatic carbocycles. The minimum absolute atomic E-state index is 0.343. The van der Waals surface area contributed by atoms with Gasteiger partial charge < -0.3 is 10.1 Å². The second-order valence-electron chi connectivity index (χ2n) is 4.03. The fourth-order valence-electron chi connectivity index (χ4n) is 1.99. The molecule has 0 bridgehead atoms. The molecule has 1 unspecified atom stereocenters. The lowest BCUT2D eigenvalue weighted by Gasteiger charge is -2.22. The van der Waals surface area contributed by atoms with Crippen LogP contribution in [0.1, 0.15) is 18.5 Å². The molecule has 0 amide bonds. The van der Waals surface area contributed by atoms with E-state index in [2.05, 4.69) is 16.4 Å². The molecule has 1 N–H and O–H groups in total. The average Bonchev–Trinajstić information content (AvgIpc) is 2.38. The van der Waals surface area contributed by atoms with Gasteiger partial charge in [-0.15, -0.1) is 0 Å². The normalized spacial score (nSPS) is 17.4. The monoisotopic (exact) mass is 218 g/mol. The number of aromatic nitrogens is 1. The Hall–Kier alpha value is -1.35. The van der Waals surface area contributed by atoms with Crippen molar-refractivity contribution in [3.63, 3.8) is 0 Å². The fourth-order valence-corrected chi connectivity index (χ4v) is 1.99. The number of rotatable bonds is 4. The fraction of sp³-hybridized carbons (Fsp3) is 0.462. The Morgan fingerprint density at radius 1 is 1.50 bits per heavy atom. The summed E-state index contributed by atoms with van der Waals surface area (Å²) in [5.74, 6) is 0. The van der Waals surface area contributed by atoms with Gasteiger partial charge >= 0.3 is 0 Å². The maximum absolute atomic E-state index is 5.38. The summed E-state index contributed by atoms with van der Waals surface area (Å²) >= 11 is 0. The molecular weight excluding hydrogens is 200 g/mol. The van der Waals surface area contributed by atoms with Gasteiger partial charge in [0.1, 0.15) is 0 Å². The van der Waals surface area contributed by atoms with Crippen LogP contribution in [0, 0.1) is 0 Å². The molecule has 1 aromatic rings. The Bertz CT molecular complexity index is 348. The number of hydrogen-bond acceptors (Lipinski definition) is 3. The van der Waals surface area contributed by atoms with E-state index >= 15 is 0 Å². The van der Waals surface area contributed by atoms with Crippen molar-refractivity contribution in [1.82, 2.24) is 10.3 Å². The quantitative estimate of drug-likeness (QED) is 0.838. The van der Waals surface area contributed by atoms with Crippen LogP contribution in [0.5, 0.6) is 0 Å². The summed E-state index contributed by atoms with van der Waals surface area (Å²) < 4.78 is 5.38. The highest BCUT2D eigenvalue weighted by molar-refractivity contribution is 5.15. The van der Waals surface area contributed by atoms with Crippen molar-refractivity contribution >= 4 is 0 Å². The van der Waals surface area contributed by atoms with Crippen molar-refractivity contribution in [2.75, 3.05) is 13.7 Å². The van der Waals surface area contributed by atoms with Crippen molar-refractivity contribution in [3.8, 4) is 0 Å². The first-order valence-corrected chi connectivity index (χ1v) is 5.78. The molecule has 0 aromatic carbocycles. The predicted octanol–water partition coefficient (Wildman–Crippen LogP) is 1.91. The number of likely N-dealkylation sites (N-methyl/N-ethyl adjacent to an activating group) is 1. The van der Waals surface area contributed by atoms with E-state index in [4.69, 9.17) is 4.74 Å². The zero-order valence-corrected chi connectivity index (χ0v) is 9.65. The van der Waals surface area contributed by atoms with Crippen LogP contribution in [-0.2, 0) is 11.2 Å². The van der Waals surface area contributed by atoms with E-state index in [1.807, 2.05) is 31.6 Å². The van der Waals surface area contributed by atoms with Crippen LogP contribution < -0.4 is 5.32 Å². The molecule has 1 aromatic heterocycles. The summed E-state index contributed by atoms with van der Waals surface area (Å²) in [5.41, 5.74) is 2.47. The van der Waals surface area contributed by atoms with Gasteiger partial charge in [0.05, 0.1) is 12.9 Å². The van der Waals surface area contributed by atoms with Gasteiger partial charge in [-0.3, -0.25) is 4.98 Å². The first-order valence-electron chi connectivity index (χ1n) is 5.78. The molecule has 0 fully saturated rings. The average molecular weight is 218 g/mol. The molecule has 16 heavy (non-hydrogen) atoms. The largest absolute Gasteiger partial charge is 0.501 e. The molecule has 1 aliphatic rings. The lowest BCUT2D eigenvalue weighted by atomic mass is 9.98. The minimum Gasteiger partial charge on any atom is -0.501 e.